The van der Waals surface area contributed by atoms with E-state index in [1.54, 1.807) is 21.1 Å². The van der Waals surface area contributed by atoms with Gasteiger partial charge in [-0.25, -0.2) is 0 Å². The Morgan fingerprint density at radius 3 is 1.80 bits per heavy atom. The molecule has 0 fully saturated rings. The van der Waals surface area contributed by atoms with E-state index >= 15 is 0 Å². The van der Waals surface area contributed by atoms with Crippen LogP contribution in [0.1, 0.15) is 84.6 Å². The highest BCUT2D eigenvalue weighted by Gasteiger charge is 2.31. The van der Waals surface area contributed by atoms with Crippen LogP contribution in [0.5, 0.6) is 23.5 Å². The average Bonchev–Trinajstić information content (AvgIpc) is 3.76. The van der Waals surface area contributed by atoms with Gasteiger partial charge in [-0.1, -0.05) is 36.4 Å². The van der Waals surface area contributed by atoms with Gasteiger partial charge < -0.3 is 39.6 Å². The van der Waals surface area contributed by atoms with Gasteiger partial charge in [0.05, 0.1) is 32.8 Å². The molecule has 6 rings (SSSR count). The molecule has 0 saturated carbocycles. The Morgan fingerprint density at radius 1 is 0.821 bits per heavy atom. The second-order valence-corrected chi connectivity index (χ2v) is 13.4. The van der Waals surface area contributed by atoms with Crippen molar-refractivity contribution in [3.8, 4) is 34.6 Å². The summed E-state index contributed by atoms with van der Waals surface area (Å²) in [4.78, 5) is 36.3. The number of pyridine rings is 2. The van der Waals surface area contributed by atoms with Gasteiger partial charge in [0.2, 0.25) is 23.5 Å². The molecular formula is C41H51N3O10S2. The number of methoxy groups -OCH3 is 2. The minimum atomic E-state index is -1.05. The van der Waals surface area contributed by atoms with E-state index in [0.717, 1.165) is 61.6 Å². The van der Waals surface area contributed by atoms with Crippen LogP contribution in [-0.4, -0.2) is 70.4 Å². The van der Waals surface area contributed by atoms with E-state index in [2.05, 4.69) is 51.7 Å². The van der Waals surface area contributed by atoms with Gasteiger partial charge in [-0.15, -0.1) is 0 Å². The van der Waals surface area contributed by atoms with Gasteiger partial charge >= 0.3 is 12.1 Å². The molecule has 0 bridgehead atoms. The fourth-order valence-corrected chi connectivity index (χ4v) is 7.22. The molecule has 2 aliphatic rings. The lowest BCUT2D eigenvalue weighted by atomic mass is 9.91. The predicted molar refractivity (Wildman–Crippen MR) is 217 cm³/mol. The normalized spacial score (nSPS) is 15.9. The Balaban J connectivity index is 0.00000163. The quantitative estimate of drug-likeness (QED) is 0.104. The van der Waals surface area contributed by atoms with E-state index in [9.17, 15) is 15.0 Å². The maximum absolute atomic E-state index is 10.8. The molecule has 4 atom stereocenters. The standard InChI is InChI=1S/C40H47N3O8.CO2.2H2S/c1-24(44)7-4-8-25-13-19-36(42-39(25)48-2)50-34-17-15-30-28(9-5-11-32(30)34)29-10-6-12-33-31(29)16-18-35(33)51-37-20-14-26(40(43-37)49-3)22-41-23-27(45)21-38(46)47;2-1-3;;/h5-6,9-14,19-20,24,27,34-35,41,44-45H,4,7-8,15-18,21-23H2,1-3H3,(H,46,47);;2*1H2/t24-,27-,34?,35?;;;/m0.../s1. The molecule has 2 aliphatic carbocycles. The first-order valence-electron chi connectivity index (χ1n) is 18.1. The van der Waals surface area contributed by atoms with Crippen molar-refractivity contribution in [2.24, 2.45) is 0 Å². The van der Waals surface area contributed by atoms with Gasteiger partial charge in [0.1, 0.15) is 12.2 Å². The number of aliphatic hydroxyl groups is 2. The van der Waals surface area contributed by atoms with Crippen molar-refractivity contribution in [2.45, 2.75) is 89.3 Å². The van der Waals surface area contributed by atoms with Gasteiger partial charge in [-0.2, -0.15) is 46.5 Å². The highest BCUT2D eigenvalue weighted by atomic mass is 32.1. The Kier molecular flexibility index (Phi) is 18.1. The van der Waals surface area contributed by atoms with Crippen molar-refractivity contribution >= 4 is 39.1 Å². The maximum atomic E-state index is 10.8. The zero-order chi connectivity index (χ0) is 38.6. The van der Waals surface area contributed by atoms with E-state index in [0.29, 0.717) is 30.1 Å². The number of hydrogen-bond donors (Lipinski definition) is 4. The monoisotopic (exact) mass is 809 g/mol. The number of carbonyl (C=O) groups is 1. The minimum absolute atomic E-state index is 0. The molecule has 13 nitrogen and oxygen atoms in total. The summed E-state index contributed by atoms with van der Waals surface area (Å²) in [5, 5.41) is 31.4. The number of aromatic nitrogens is 2. The van der Waals surface area contributed by atoms with Gasteiger partial charge in [0, 0.05) is 36.3 Å². The van der Waals surface area contributed by atoms with Crippen LogP contribution in [0.3, 0.4) is 0 Å². The van der Waals surface area contributed by atoms with Crippen LogP contribution in [0.25, 0.3) is 11.1 Å². The highest BCUT2D eigenvalue weighted by Crippen LogP contribution is 2.45. The number of aryl methyl sites for hydroxylation is 1. The summed E-state index contributed by atoms with van der Waals surface area (Å²) in [6.45, 7) is 2.30. The molecule has 0 spiro atoms. The number of benzene rings is 2. The molecule has 0 radical (unpaired) electrons. The summed E-state index contributed by atoms with van der Waals surface area (Å²) in [6, 6.07) is 20.5. The van der Waals surface area contributed by atoms with Crippen LogP contribution >= 0.6 is 27.0 Å². The number of nitrogens with one attached hydrogen (secondary N) is 1. The molecule has 0 saturated heterocycles. The fourth-order valence-electron chi connectivity index (χ4n) is 7.22. The number of nitrogens with zero attached hydrogens (tertiary/aromatic N) is 2. The summed E-state index contributed by atoms with van der Waals surface area (Å²) >= 11 is 0. The van der Waals surface area contributed by atoms with Crippen molar-refractivity contribution in [1.29, 1.82) is 0 Å². The smallest absolute Gasteiger partial charge is 0.373 e. The van der Waals surface area contributed by atoms with Crippen LogP contribution in [0.2, 0.25) is 0 Å². The molecule has 4 N–H and O–H groups in total. The lowest BCUT2D eigenvalue weighted by molar-refractivity contribution is -0.191. The molecule has 15 heteroatoms. The second-order valence-electron chi connectivity index (χ2n) is 13.4. The molecule has 0 aliphatic heterocycles. The average molecular weight is 810 g/mol. The van der Waals surface area contributed by atoms with E-state index in [1.807, 2.05) is 24.3 Å². The van der Waals surface area contributed by atoms with Crippen LogP contribution in [-0.2, 0) is 40.2 Å². The van der Waals surface area contributed by atoms with Gasteiger partial charge in [-0.3, -0.25) is 4.79 Å². The second kappa shape index (κ2) is 22.2. The van der Waals surface area contributed by atoms with E-state index < -0.39 is 12.1 Å². The number of ether oxygens (including phenoxy) is 4. The van der Waals surface area contributed by atoms with E-state index in [1.165, 1.54) is 27.8 Å². The van der Waals surface area contributed by atoms with Gasteiger partial charge in [0.25, 0.3) is 0 Å². The summed E-state index contributed by atoms with van der Waals surface area (Å²) in [6.07, 6.45) is 4.18. The third kappa shape index (κ3) is 11.7. The highest BCUT2D eigenvalue weighted by molar-refractivity contribution is 7.59. The number of hydrogen-bond acceptors (Lipinski definition) is 12. The summed E-state index contributed by atoms with van der Waals surface area (Å²) in [5.74, 6) is 0.931. The molecule has 2 aromatic heterocycles. The first-order valence-corrected chi connectivity index (χ1v) is 18.1. The number of carboxylic acids is 1. The third-order valence-electron chi connectivity index (χ3n) is 9.63. The first kappa shape index (κ1) is 45.8. The Labute approximate surface area is 340 Å². The predicted octanol–water partition coefficient (Wildman–Crippen LogP) is 5.56. The van der Waals surface area contributed by atoms with Crippen molar-refractivity contribution < 1.29 is 48.7 Å². The molecular weight excluding hydrogens is 759 g/mol. The minimum Gasteiger partial charge on any atom is -0.481 e. The Morgan fingerprint density at radius 2 is 1.32 bits per heavy atom. The largest absolute Gasteiger partial charge is 0.481 e. The topological polar surface area (TPSA) is 187 Å². The van der Waals surface area contributed by atoms with Gasteiger partial charge in [0.15, 0.2) is 0 Å². The van der Waals surface area contributed by atoms with Crippen molar-refractivity contribution in [3.63, 3.8) is 0 Å². The number of aliphatic hydroxyl groups excluding tert-OH is 2. The summed E-state index contributed by atoms with van der Waals surface area (Å²) in [7, 11) is 3.17. The zero-order valence-corrected chi connectivity index (χ0v) is 33.7. The number of aliphatic carboxylic acids is 1. The summed E-state index contributed by atoms with van der Waals surface area (Å²) < 4.78 is 24.0. The SMILES string of the molecule is COc1nc(OC2CCc3c(-c4cccc5c4CCC5Oc4ccc(CNC[C@@H](O)CC(=O)O)c(OC)n4)cccc32)ccc1CCC[C@H](C)O.O=C=O.S.S. The molecule has 4 aromatic rings. The fraction of sp³-hybridized carbons (Fsp3) is 0.415. The van der Waals surface area contributed by atoms with Crippen LogP contribution < -0.4 is 24.3 Å². The maximum Gasteiger partial charge on any atom is 0.373 e. The molecule has 302 valence electrons. The molecule has 56 heavy (non-hydrogen) atoms. The van der Waals surface area contributed by atoms with Gasteiger partial charge in [-0.05, 0) is 97.4 Å². The first-order chi connectivity index (χ1) is 26.1. The Bertz CT molecular complexity index is 1940. The van der Waals surface area contributed by atoms with E-state index in [4.69, 9.17) is 33.6 Å². The van der Waals surface area contributed by atoms with Crippen LogP contribution in [0.15, 0.2) is 60.7 Å². The number of carbonyl (C=O) groups excluding carboxylic acids is 2. The lowest BCUT2D eigenvalue weighted by Crippen LogP contribution is -2.28. The van der Waals surface area contributed by atoms with E-state index in [-0.39, 0.29) is 64.4 Å². The zero-order valence-electron chi connectivity index (χ0n) is 31.7. The number of fused-ring (bicyclic) bond motifs is 2. The van der Waals surface area contributed by atoms with Crippen molar-refractivity contribution in [2.75, 3.05) is 20.8 Å². The van der Waals surface area contributed by atoms with Crippen LogP contribution in [0.4, 0.5) is 0 Å². The number of rotatable bonds is 17. The number of carboxylic acid groups (broad SMARTS) is 1. The molecule has 2 aromatic carbocycles. The Hall–Kier alpha value is -4.63. The molecule has 0 amide bonds. The molecule has 2 unspecified atom stereocenters. The lowest BCUT2D eigenvalue weighted by Gasteiger charge is -2.18. The third-order valence-corrected chi connectivity index (χ3v) is 9.63. The van der Waals surface area contributed by atoms with Crippen molar-refractivity contribution in [1.82, 2.24) is 15.3 Å². The van der Waals surface area contributed by atoms with Crippen molar-refractivity contribution in [3.05, 3.63) is 94.0 Å². The molecule has 2 heterocycles. The summed E-state index contributed by atoms with van der Waals surface area (Å²) in [5.41, 5.74) is 9.14. The van der Waals surface area contributed by atoms with Crippen LogP contribution in [0, 0.1) is 0 Å².